The minimum atomic E-state index is -4.38. The summed E-state index contributed by atoms with van der Waals surface area (Å²) in [6.07, 6.45) is -1.60. The van der Waals surface area contributed by atoms with E-state index in [1.54, 1.807) is 36.4 Å². The van der Waals surface area contributed by atoms with Gasteiger partial charge in [0.15, 0.2) is 0 Å². The van der Waals surface area contributed by atoms with Crippen molar-refractivity contribution >= 4 is 24.9 Å². The lowest BCUT2D eigenvalue weighted by atomic mass is 9.96. The van der Waals surface area contributed by atoms with Crippen LogP contribution < -0.4 is 15.3 Å². The SMILES string of the molecule is CCCCOC(=O)[C@H](C)NP(=O)(OC[C@@]1(C#N)O[C@@H](c2ccc3c(N)ccnn23)[C@H](O)[C@@H]1O)Oc1ccccc1. The molecule has 13 nitrogen and oxygen atoms in total. The Kier molecular flexibility index (Phi) is 9.10. The molecule has 0 radical (unpaired) electrons. The maximum Gasteiger partial charge on any atom is 0.459 e. The van der Waals surface area contributed by atoms with E-state index in [-0.39, 0.29) is 12.4 Å². The Morgan fingerprint density at radius 2 is 2.05 bits per heavy atom. The fraction of sp³-hybridized carbons (Fsp3) is 0.423. The highest BCUT2D eigenvalue weighted by atomic mass is 31.2. The van der Waals surface area contributed by atoms with Gasteiger partial charge in [0, 0.05) is 6.20 Å². The first-order valence-corrected chi connectivity index (χ1v) is 14.3. The number of fused-ring (bicyclic) bond motifs is 1. The number of benzene rings is 1. The number of aliphatic hydroxyl groups is 2. The van der Waals surface area contributed by atoms with E-state index >= 15 is 0 Å². The summed E-state index contributed by atoms with van der Waals surface area (Å²) < 4.78 is 37.6. The molecule has 1 unspecified atom stereocenters. The molecule has 0 saturated carbocycles. The summed E-state index contributed by atoms with van der Waals surface area (Å²) in [6.45, 7) is 2.78. The van der Waals surface area contributed by atoms with Crippen LogP contribution in [0.1, 0.15) is 38.5 Å². The second kappa shape index (κ2) is 12.3. The Morgan fingerprint density at radius 3 is 2.75 bits per heavy atom. The van der Waals surface area contributed by atoms with Gasteiger partial charge in [-0.2, -0.15) is 15.4 Å². The molecule has 1 aromatic carbocycles. The van der Waals surface area contributed by atoms with Crippen LogP contribution in [0, 0.1) is 11.3 Å². The Labute approximate surface area is 231 Å². The van der Waals surface area contributed by atoms with Crippen molar-refractivity contribution in [3.63, 3.8) is 0 Å². The molecule has 1 saturated heterocycles. The van der Waals surface area contributed by atoms with E-state index in [1.165, 1.54) is 29.8 Å². The van der Waals surface area contributed by atoms with Crippen molar-refractivity contribution in [3.8, 4) is 11.8 Å². The molecule has 1 aliphatic heterocycles. The van der Waals surface area contributed by atoms with Crippen LogP contribution in [-0.4, -0.2) is 62.9 Å². The van der Waals surface area contributed by atoms with Crippen LogP contribution in [0.2, 0.25) is 0 Å². The first-order chi connectivity index (χ1) is 19.1. The van der Waals surface area contributed by atoms with Gasteiger partial charge in [-0.25, -0.2) is 9.08 Å². The number of ether oxygens (including phenoxy) is 2. The highest BCUT2D eigenvalue weighted by Crippen LogP contribution is 2.48. The Morgan fingerprint density at radius 1 is 1.30 bits per heavy atom. The van der Waals surface area contributed by atoms with Gasteiger partial charge >= 0.3 is 13.7 Å². The van der Waals surface area contributed by atoms with Crippen LogP contribution in [-0.2, 0) is 23.4 Å². The monoisotopic (exact) mass is 573 g/mol. The van der Waals surface area contributed by atoms with Gasteiger partial charge in [-0.3, -0.25) is 9.32 Å². The summed E-state index contributed by atoms with van der Waals surface area (Å²) in [6, 6.07) is 13.7. The smallest absolute Gasteiger partial charge is 0.459 e. The van der Waals surface area contributed by atoms with E-state index in [0.717, 1.165) is 6.42 Å². The van der Waals surface area contributed by atoms with Crippen LogP contribution in [0.3, 0.4) is 0 Å². The Bertz CT molecular complexity index is 1410. The molecule has 0 aliphatic carbocycles. The van der Waals surface area contributed by atoms with Gasteiger partial charge in [0.2, 0.25) is 5.60 Å². The largest absolute Gasteiger partial charge is 0.465 e. The number of hydrogen-bond donors (Lipinski definition) is 4. The lowest BCUT2D eigenvalue weighted by Crippen LogP contribution is -2.46. The number of nitrogens with one attached hydrogen (secondary N) is 1. The average Bonchev–Trinajstić information content (AvgIpc) is 3.48. The van der Waals surface area contributed by atoms with E-state index in [0.29, 0.717) is 23.3 Å². The second-order valence-corrected chi connectivity index (χ2v) is 11.1. The molecule has 5 N–H and O–H groups in total. The van der Waals surface area contributed by atoms with Gasteiger partial charge in [-0.05, 0) is 43.7 Å². The van der Waals surface area contributed by atoms with Crippen molar-refractivity contribution in [2.24, 2.45) is 0 Å². The number of esters is 1. The molecule has 1 aliphatic rings. The third-order valence-corrected chi connectivity index (χ3v) is 8.04. The predicted molar refractivity (Wildman–Crippen MR) is 143 cm³/mol. The van der Waals surface area contributed by atoms with E-state index in [1.807, 2.05) is 13.0 Å². The first kappa shape index (κ1) is 29.5. The molecular formula is C26H32N5O8P. The maximum absolute atomic E-state index is 13.9. The van der Waals surface area contributed by atoms with Gasteiger partial charge < -0.3 is 29.9 Å². The molecule has 40 heavy (non-hydrogen) atoms. The Balaban J connectivity index is 1.56. The third-order valence-electron chi connectivity index (χ3n) is 6.41. The number of carbonyl (C=O) groups excluding carboxylic acids is 1. The molecule has 0 amide bonds. The summed E-state index contributed by atoms with van der Waals surface area (Å²) in [5, 5.41) is 38.6. The molecule has 14 heteroatoms. The van der Waals surface area contributed by atoms with Gasteiger partial charge in [0.25, 0.3) is 0 Å². The zero-order valence-corrected chi connectivity index (χ0v) is 22.9. The molecule has 3 aromatic rings. The fourth-order valence-electron chi connectivity index (χ4n) is 4.18. The van der Waals surface area contributed by atoms with Crippen molar-refractivity contribution in [1.29, 1.82) is 5.26 Å². The van der Waals surface area contributed by atoms with Crippen LogP contribution in [0.25, 0.3) is 5.52 Å². The summed E-state index contributed by atoms with van der Waals surface area (Å²) in [4.78, 5) is 12.4. The summed E-state index contributed by atoms with van der Waals surface area (Å²) in [5.74, 6) is -0.520. The summed E-state index contributed by atoms with van der Waals surface area (Å²) in [5.41, 5.74) is 5.13. The molecule has 3 heterocycles. The zero-order chi connectivity index (χ0) is 28.9. The van der Waals surface area contributed by atoms with E-state index in [2.05, 4.69) is 10.2 Å². The van der Waals surface area contributed by atoms with Crippen molar-refractivity contribution < 1.29 is 38.1 Å². The number of carbonyl (C=O) groups is 1. The van der Waals surface area contributed by atoms with Crippen molar-refractivity contribution in [1.82, 2.24) is 14.7 Å². The maximum atomic E-state index is 13.9. The summed E-state index contributed by atoms with van der Waals surface area (Å²) >= 11 is 0. The third kappa shape index (κ3) is 6.13. The van der Waals surface area contributed by atoms with Crippen LogP contribution in [0.5, 0.6) is 5.75 Å². The molecule has 0 spiro atoms. The normalized spacial score (nSPS) is 24.7. The number of aromatic nitrogens is 2. The predicted octanol–water partition coefficient (Wildman–Crippen LogP) is 2.50. The number of anilines is 1. The number of rotatable bonds is 12. The number of nitriles is 1. The molecule has 1 fully saturated rings. The number of hydrogen-bond acceptors (Lipinski definition) is 11. The Hall–Kier alpha value is -3.50. The van der Waals surface area contributed by atoms with Gasteiger partial charge in [-0.1, -0.05) is 31.5 Å². The van der Waals surface area contributed by atoms with Gasteiger partial charge in [-0.15, -0.1) is 0 Å². The lowest BCUT2D eigenvalue weighted by molar-refractivity contribution is -0.145. The first-order valence-electron chi connectivity index (χ1n) is 12.7. The highest BCUT2D eigenvalue weighted by Gasteiger charge is 2.57. The number of para-hydroxylation sites is 1. The minimum Gasteiger partial charge on any atom is -0.465 e. The topological polar surface area (TPSA) is 191 Å². The lowest BCUT2D eigenvalue weighted by Gasteiger charge is -2.28. The number of unbranched alkanes of at least 4 members (excludes halogenated alkanes) is 1. The van der Waals surface area contributed by atoms with Crippen molar-refractivity contribution in [3.05, 3.63) is 60.4 Å². The molecule has 2 aromatic heterocycles. The number of nitrogen functional groups attached to an aromatic ring is 1. The summed E-state index contributed by atoms with van der Waals surface area (Å²) in [7, 11) is -4.38. The zero-order valence-electron chi connectivity index (χ0n) is 22.0. The van der Waals surface area contributed by atoms with Crippen LogP contribution in [0.4, 0.5) is 5.69 Å². The fourth-order valence-corrected chi connectivity index (χ4v) is 5.70. The van der Waals surface area contributed by atoms with Crippen molar-refractivity contribution in [2.75, 3.05) is 18.9 Å². The molecule has 6 atom stereocenters. The van der Waals surface area contributed by atoms with Gasteiger partial charge in [0.05, 0.1) is 23.5 Å². The minimum absolute atomic E-state index is 0.157. The standard InChI is InChI=1S/C26H32N5O8P/c1-3-4-14-36-25(34)17(2)30-40(35,39-18-8-6-5-7-9-18)37-16-26(15-27)24(33)22(32)23(38-26)21-11-10-20-19(28)12-13-29-31(20)21/h5-13,17,22-24,32-33H,3-4,14,16,28H2,1-2H3,(H,30,35)/t17-,22-,23-,24-,26+,40?/m0/s1. The van der Waals surface area contributed by atoms with Crippen LogP contribution >= 0.6 is 7.75 Å². The molecule has 214 valence electrons. The highest BCUT2D eigenvalue weighted by molar-refractivity contribution is 7.52. The van der Waals surface area contributed by atoms with E-state index < -0.39 is 50.3 Å². The number of nitrogens with zero attached hydrogens (tertiary/aromatic N) is 3. The van der Waals surface area contributed by atoms with Crippen molar-refractivity contribution in [2.45, 2.75) is 56.6 Å². The quantitative estimate of drug-likeness (QED) is 0.141. The molecule has 0 bridgehead atoms. The molecule has 4 rings (SSSR count). The second-order valence-electron chi connectivity index (χ2n) is 9.36. The number of aliphatic hydroxyl groups excluding tert-OH is 2. The van der Waals surface area contributed by atoms with E-state index in [9.17, 15) is 24.8 Å². The molecular weight excluding hydrogens is 541 g/mol. The van der Waals surface area contributed by atoms with Gasteiger partial charge in [0.1, 0.15) is 42.8 Å². The average molecular weight is 574 g/mol. The number of nitrogens with two attached hydrogens (primary N) is 1. The van der Waals surface area contributed by atoms with Crippen LogP contribution in [0.15, 0.2) is 54.7 Å². The van der Waals surface area contributed by atoms with E-state index in [4.69, 9.17) is 24.3 Å².